The van der Waals surface area contributed by atoms with Crippen molar-refractivity contribution >= 4 is 23.4 Å². The molecule has 1 N–H and O–H groups in total. The number of carbonyl (C=O) groups excluding carboxylic acids is 3. The molecule has 30 heavy (non-hydrogen) atoms. The summed E-state index contributed by atoms with van der Waals surface area (Å²) in [6.45, 7) is 11.3. The van der Waals surface area contributed by atoms with Crippen molar-refractivity contribution in [2.45, 2.75) is 59.8 Å². The molecular formula is C24H37N3O3. The minimum absolute atomic E-state index is 0.00880. The van der Waals surface area contributed by atoms with E-state index >= 15 is 0 Å². The number of para-hydroxylation sites is 1. The van der Waals surface area contributed by atoms with Crippen molar-refractivity contribution in [1.29, 1.82) is 0 Å². The van der Waals surface area contributed by atoms with Crippen molar-refractivity contribution in [1.82, 2.24) is 9.80 Å². The lowest BCUT2D eigenvalue weighted by Gasteiger charge is -2.35. The first-order valence-corrected chi connectivity index (χ1v) is 11.3. The molecule has 0 saturated carbocycles. The fourth-order valence-electron chi connectivity index (χ4n) is 4.27. The Morgan fingerprint density at radius 1 is 1.00 bits per heavy atom. The number of benzene rings is 1. The number of anilines is 1. The SMILES string of the molecule is CCCN(CCC)C(=O)CCC(=O)Nc1ccccc1C(=O)N1CC(C)CC(C)C1. The minimum Gasteiger partial charge on any atom is -0.343 e. The number of amides is 3. The van der Waals surface area contributed by atoms with Gasteiger partial charge in [-0.2, -0.15) is 0 Å². The molecule has 1 heterocycles. The number of piperidine rings is 1. The lowest BCUT2D eigenvalue weighted by Crippen LogP contribution is -2.42. The molecule has 6 nitrogen and oxygen atoms in total. The average Bonchev–Trinajstić information content (AvgIpc) is 2.71. The fourth-order valence-corrected chi connectivity index (χ4v) is 4.27. The Hall–Kier alpha value is -2.37. The van der Waals surface area contributed by atoms with Gasteiger partial charge in [0.2, 0.25) is 11.8 Å². The molecule has 2 unspecified atom stereocenters. The smallest absolute Gasteiger partial charge is 0.255 e. The zero-order valence-corrected chi connectivity index (χ0v) is 18.9. The Bertz CT molecular complexity index is 718. The quantitative estimate of drug-likeness (QED) is 0.658. The minimum atomic E-state index is -0.239. The molecule has 3 amide bonds. The van der Waals surface area contributed by atoms with Crippen LogP contribution in [-0.4, -0.2) is 53.7 Å². The van der Waals surface area contributed by atoms with E-state index in [1.54, 1.807) is 12.1 Å². The van der Waals surface area contributed by atoms with Gasteiger partial charge in [0.25, 0.3) is 5.91 Å². The molecule has 0 aromatic heterocycles. The summed E-state index contributed by atoms with van der Waals surface area (Å²) in [6.07, 6.45) is 3.23. The van der Waals surface area contributed by atoms with Gasteiger partial charge in [0.05, 0.1) is 11.3 Å². The lowest BCUT2D eigenvalue weighted by atomic mass is 9.91. The first-order valence-electron chi connectivity index (χ1n) is 11.3. The molecule has 0 spiro atoms. The maximum Gasteiger partial charge on any atom is 0.255 e. The van der Waals surface area contributed by atoms with Crippen molar-refractivity contribution in [3.8, 4) is 0 Å². The highest BCUT2D eigenvalue weighted by atomic mass is 16.2. The van der Waals surface area contributed by atoms with E-state index in [0.29, 0.717) is 23.1 Å². The molecule has 1 saturated heterocycles. The summed E-state index contributed by atoms with van der Waals surface area (Å²) in [7, 11) is 0. The second-order valence-corrected chi connectivity index (χ2v) is 8.63. The van der Waals surface area contributed by atoms with Gasteiger partial charge in [-0.25, -0.2) is 0 Å². The van der Waals surface area contributed by atoms with Gasteiger partial charge in [-0.1, -0.05) is 39.8 Å². The Labute approximate surface area is 181 Å². The zero-order chi connectivity index (χ0) is 22.1. The molecule has 6 heteroatoms. The number of nitrogens with one attached hydrogen (secondary N) is 1. The Morgan fingerprint density at radius 2 is 1.60 bits per heavy atom. The van der Waals surface area contributed by atoms with Crippen molar-refractivity contribution in [3.05, 3.63) is 29.8 Å². The molecule has 1 aromatic carbocycles. The van der Waals surface area contributed by atoms with E-state index in [-0.39, 0.29) is 30.6 Å². The predicted octanol–water partition coefficient (Wildman–Crippen LogP) is 4.17. The third kappa shape index (κ3) is 6.85. The van der Waals surface area contributed by atoms with Crippen molar-refractivity contribution in [2.24, 2.45) is 11.8 Å². The highest BCUT2D eigenvalue weighted by Crippen LogP contribution is 2.25. The number of nitrogens with zero attached hydrogens (tertiary/aromatic N) is 2. The topological polar surface area (TPSA) is 69.7 Å². The van der Waals surface area contributed by atoms with Crippen molar-refractivity contribution < 1.29 is 14.4 Å². The number of carbonyl (C=O) groups is 3. The maximum absolute atomic E-state index is 13.1. The summed E-state index contributed by atoms with van der Waals surface area (Å²) in [4.78, 5) is 41.7. The second kappa shape index (κ2) is 11.7. The molecule has 0 aliphatic carbocycles. The molecule has 1 aliphatic heterocycles. The monoisotopic (exact) mass is 415 g/mol. The maximum atomic E-state index is 13.1. The number of hydrogen-bond acceptors (Lipinski definition) is 3. The Morgan fingerprint density at radius 3 is 2.20 bits per heavy atom. The van der Waals surface area contributed by atoms with Crippen LogP contribution in [0.2, 0.25) is 0 Å². The van der Waals surface area contributed by atoms with E-state index in [4.69, 9.17) is 0 Å². The number of likely N-dealkylation sites (tertiary alicyclic amines) is 1. The van der Waals surface area contributed by atoms with Gasteiger partial charge < -0.3 is 15.1 Å². The molecule has 0 bridgehead atoms. The summed E-state index contributed by atoms with van der Waals surface area (Å²) < 4.78 is 0. The van der Waals surface area contributed by atoms with Gasteiger partial charge in [-0.05, 0) is 43.2 Å². The first-order chi connectivity index (χ1) is 14.3. The van der Waals surface area contributed by atoms with Crippen LogP contribution in [0.25, 0.3) is 0 Å². The average molecular weight is 416 g/mol. The van der Waals surface area contributed by atoms with Crippen molar-refractivity contribution in [2.75, 3.05) is 31.5 Å². The summed E-state index contributed by atoms with van der Waals surface area (Å²) >= 11 is 0. The molecule has 166 valence electrons. The molecule has 1 fully saturated rings. The molecule has 1 aromatic rings. The van der Waals surface area contributed by atoms with E-state index in [1.165, 1.54) is 0 Å². The Balaban J connectivity index is 1.99. The van der Waals surface area contributed by atoms with E-state index in [0.717, 1.165) is 45.4 Å². The van der Waals surface area contributed by atoms with Crippen LogP contribution in [0.3, 0.4) is 0 Å². The summed E-state index contributed by atoms with van der Waals surface area (Å²) in [6, 6.07) is 7.14. The van der Waals surface area contributed by atoms with Crippen LogP contribution in [0.4, 0.5) is 5.69 Å². The fraction of sp³-hybridized carbons (Fsp3) is 0.625. The number of rotatable bonds is 9. The largest absolute Gasteiger partial charge is 0.343 e. The highest BCUT2D eigenvalue weighted by Gasteiger charge is 2.27. The third-order valence-corrected chi connectivity index (χ3v) is 5.49. The van der Waals surface area contributed by atoms with Crippen LogP contribution in [0.1, 0.15) is 70.2 Å². The first kappa shape index (κ1) is 23.9. The van der Waals surface area contributed by atoms with Gasteiger partial charge in [-0.3, -0.25) is 14.4 Å². The summed E-state index contributed by atoms with van der Waals surface area (Å²) in [5.41, 5.74) is 1.03. The second-order valence-electron chi connectivity index (χ2n) is 8.63. The molecule has 2 atom stereocenters. The van der Waals surface area contributed by atoms with E-state index < -0.39 is 0 Å². The van der Waals surface area contributed by atoms with Crippen LogP contribution >= 0.6 is 0 Å². The Kier molecular flexibility index (Phi) is 9.34. The van der Waals surface area contributed by atoms with E-state index in [1.807, 2.05) is 35.8 Å². The third-order valence-electron chi connectivity index (χ3n) is 5.49. The molecule has 0 radical (unpaired) electrons. The summed E-state index contributed by atoms with van der Waals surface area (Å²) in [5, 5.41) is 2.85. The van der Waals surface area contributed by atoms with Gasteiger partial charge in [0.1, 0.15) is 0 Å². The molecular weight excluding hydrogens is 378 g/mol. The van der Waals surface area contributed by atoms with E-state index in [2.05, 4.69) is 19.2 Å². The van der Waals surface area contributed by atoms with Gasteiger partial charge in [-0.15, -0.1) is 0 Å². The summed E-state index contributed by atoms with van der Waals surface area (Å²) in [5.74, 6) is 0.670. The van der Waals surface area contributed by atoms with E-state index in [9.17, 15) is 14.4 Å². The van der Waals surface area contributed by atoms with Crippen LogP contribution in [0.5, 0.6) is 0 Å². The van der Waals surface area contributed by atoms with Crippen LogP contribution in [0, 0.1) is 11.8 Å². The van der Waals surface area contributed by atoms with Gasteiger partial charge in [0.15, 0.2) is 0 Å². The lowest BCUT2D eigenvalue weighted by molar-refractivity contribution is -0.133. The predicted molar refractivity (Wildman–Crippen MR) is 120 cm³/mol. The van der Waals surface area contributed by atoms with Crippen LogP contribution < -0.4 is 5.32 Å². The van der Waals surface area contributed by atoms with Crippen LogP contribution in [-0.2, 0) is 9.59 Å². The standard InChI is InChI=1S/C24H37N3O3/c1-5-13-26(14-6-2)23(29)12-11-22(28)25-21-10-8-7-9-20(21)24(30)27-16-18(3)15-19(4)17-27/h7-10,18-19H,5-6,11-17H2,1-4H3,(H,25,28). The van der Waals surface area contributed by atoms with Gasteiger partial charge in [0, 0.05) is 39.0 Å². The highest BCUT2D eigenvalue weighted by molar-refractivity contribution is 6.04. The molecule has 2 rings (SSSR count). The zero-order valence-electron chi connectivity index (χ0n) is 18.9. The number of hydrogen-bond donors (Lipinski definition) is 1. The normalized spacial score (nSPS) is 18.7. The van der Waals surface area contributed by atoms with Crippen molar-refractivity contribution in [3.63, 3.8) is 0 Å². The van der Waals surface area contributed by atoms with Gasteiger partial charge >= 0.3 is 0 Å². The molecule has 1 aliphatic rings. The van der Waals surface area contributed by atoms with Crippen LogP contribution in [0.15, 0.2) is 24.3 Å².